The maximum atomic E-state index is 11.5. The van der Waals surface area contributed by atoms with E-state index in [0.29, 0.717) is 13.2 Å². The Bertz CT molecular complexity index is 764. The molecule has 0 saturated carbocycles. The number of carbonyl (C=O) groups excluding carboxylic acids is 2. The van der Waals surface area contributed by atoms with Gasteiger partial charge in [-0.2, -0.15) is 18.3 Å². The lowest BCUT2D eigenvalue weighted by Crippen LogP contribution is -2.32. The van der Waals surface area contributed by atoms with Gasteiger partial charge in [0.2, 0.25) is 0 Å². The smallest absolute Gasteiger partial charge is 0.475 e. The summed E-state index contributed by atoms with van der Waals surface area (Å²) in [5.74, 6) is -2.99. The van der Waals surface area contributed by atoms with E-state index in [4.69, 9.17) is 14.6 Å². The van der Waals surface area contributed by atoms with E-state index in [-0.39, 0.29) is 22.8 Å². The molecule has 0 aromatic carbocycles. The van der Waals surface area contributed by atoms with Gasteiger partial charge in [-0.1, -0.05) is 17.8 Å². The van der Waals surface area contributed by atoms with Crippen molar-refractivity contribution in [3.8, 4) is 0 Å². The number of esters is 1. The van der Waals surface area contributed by atoms with Crippen molar-refractivity contribution in [3.05, 3.63) is 29.6 Å². The maximum Gasteiger partial charge on any atom is 0.490 e. The molecule has 0 aliphatic carbocycles. The number of halogens is 3. The summed E-state index contributed by atoms with van der Waals surface area (Å²) in [4.78, 5) is 31.7. The molecule has 2 N–H and O–H groups in total. The highest BCUT2D eigenvalue weighted by atomic mass is 32.2. The number of nitrogens with one attached hydrogen (secondary N) is 1. The molecule has 1 aliphatic heterocycles. The monoisotopic (exact) mass is 451 g/mol. The van der Waals surface area contributed by atoms with Crippen molar-refractivity contribution in [2.45, 2.75) is 44.7 Å². The van der Waals surface area contributed by atoms with Gasteiger partial charge in [-0.15, -0.1) is 0 Å². The van der Waals surface area contributed by atoms with E-state index in [1.807, 2.05) is 6.20 Å². The van der Waals surface area contributed by atoms with Gasteiger partial charge in [0.05, 0.1) is 25.8 Å². The molecule has 12 heteroatoms. The average Bonchev–Trinajstić information content (AvgIpc) is 3.07. The topological polar surface area (TPSA) is 111 Å². The molecule has 0 bridgehead atoms. The van der Waals surface area contributed by atoms with E-state index in [1.54, 1.807) is 24.7 Å². The first-order valence-corrected chi connectivity index (χ1v) is 9.94. The van der Waals surface area contributed by atoms with Crippen LogP contribution in [0.4, 0.5) is 13.2 Å². The summed E-state index contributed by atoms with van der Waals surface area (Å²) >= 11 is 1.40. The first-order chi connectivity index (χ1) is 14.0. The van der Waals surface area contributed by atoms with Gasteiger partial charge in [0.25, 0.3) is 0 Å². The largest absolute Gasteiger partial charge is 0.490 e. The number of hydrogen-bond acceptors (Lipinski definition) is 7. The summed E-state index contributed by atoms with van der Waals surface area (Å²) in [7, 11) is 0. The summed E-state index contributed by atoms with van der Waals surface area (Å²) in [6.45, 7) is 6.17. The van der Waals surface area contributed by atoms with E-state index in [9.17, 15) is 22.8 Å². The number of allylic oxidation sites excluding steroid dienone is 1. The molecular weight excluding hydrogens is 427 g/mol. The van der Waals surface area contributed by atoms with Gasteiger partial charge in [0.1, 0.15) is 0 Å². The standard InChI is InChI=1S/C16H23N3O3S.C2HF3O2/c1-3-22-16(21)8-13-9-18-19(11-13)7-5-14-10-17-6-4-15(14)23-12(2)20;3-2(4,5)1(6)7/h5,9,11,15,17H,3-4,6-8,10H2,1-2H3;(H,6,7)/b14-5-;. The van der Waals surface area contributed by atoms with Gasteiger partial charge in [-0.05, 0) is 25.5 Å². The van der Waals surface area contributed by atoms with Crippen LogP contribution in [0, 0.1) is 0 Å². The second-order valence-electron chi connectivity index (χ2n) is 6.20. The lowest BCUT2D eigenvalue weighted by atomic mass is 10.1. The number of piperidine rings is 1. The van der Waals surface area contributed by atoms with Crippen molar-refractivity contribution >= 4 is 28.8 Å². The van der Waals surface area contributed by atoms with Crippen LogP contribution < -0.4 is 5.32 Å². The zero-order valence-corrected chi connectivity index (χ0v) is 17.4. The Hall–Kier alpha value is -2.34. The van der Waals surface area contributed by atoms with Crippen molar-refractivity contribution in [2.75, 3.05) is 19.7 Å². The molecule has 1 atom stereocenters. The minimum Gasteiger partial charge on any atom is -0.475 e. The average molecular weight is 451 g/mol. The van der Waals surface area contributed by atoms with Crippen LogP contribution in [0.5, 0.6) is 0 Å². The van der Waals surface area contributed by atoms with Gasteiger partial charge in [0.15, 0.2) is 5.12 Å². The highest BCUT2D eigenvalue weighted by Gasteiger charge is 2.38. The zero-order chi connectivity index (χ0) is 22.7. The number of rotatable bonds is 6. The van der Waals surface area contributed by atoms with Crippen LogP contribution in [-0.4, -0.2) is 63.1 Å². The number of hydrogen-bond donors (Lipinski definition) is 2. The Morgan fingerprint density at radius 3 is 2.67 bits per heavy atom. The Balaban J connectivity index is 0.000000553. The number of thioether (sulfide) groups is 1. The highest BCUT2D eigenvalue weighted by Crippen LogP contribution is 2.25. The quantitative estimate of drug-likeness (QED) is 0.500. The van der Waals surface area contributed by atoms with Gasteiger partial charge >= 0.3 is 18.1 Å². The summed E-state index contributed by atoms with van der Waals surface area (Å²) in [5, 5.41) is 15.1. The molecule has 1 saturated heterocycles. The van der Waals surface area contributed by atoms with Crippen LogP contribution >= 0.6 is 11.8 Å². The molecule has 0 spiro atoms. The third-order valence-electron chi connectivity index (χ3n) is 3.76. The lowest BCUT2D eigenvalue weighted by molar-refractivity contribution is -0.192. The molecule has 1 aliphatic rings. The summed E-state index contributed by atoms with van der Waals surface area (Å²) in [5.41, 5.74) is 2.08. The summed E-state index contributed by atoms with van der Waals surface area (Å²) < 4.78 is 38.5. The molecule has 1 aromatic rings. The Labute approximate surface area is 175 Å². The molecule has 0 amide bonds. The van der Waals surface area contributed by atoms with Crippen molar-refractivity contribution in [2.24, 2.45) is 0 Å². The van der Waals surface area contributed by atoms with E-state index in [2.05, 4.69) is 16.5 Å². The lowest BCUT2D eigenvalue weighted by Gasteiger charge is -2.25. The minimum atomic E-state index is -5.08. The van der Waals surface area contributed by atoms with Crippen LogP contribution in [-0.2, 0) is 32.1 Å². The molecule has 8 nitrogen and oxygen atoms in total. The molecule has 1 fully saturated rings. The molecule has 2 heterocycles. The van der Waals surface area contributed by atoms with Crippen LogP contribution in [0.3, 0.4) is 0 Å². The minimum absolute atomic E-state index is 0.151. The van der Waals surface area contributed by atoms with Crippen molar-refractivity contribution in [3.63, 3.8) is 0 Å². The SMILES string of the molecule is CCOC(=O)Cc1cnn(C/C=C2/CNCCC2SC(C)=O)c1.O=C(O)C(F)(F)F. The number of alkyl halides is 3. The van der Waals surface area contributed by atoms with E-state index in [0.717, 1.165) is 25.1 Å². The first-order valence-electron chi connectivity index (χ1n) is 9.06. The number of carboxylic acids is 1. The fraction of sp³-hybridized carbons (Fsp3) is 0.556. The second kappa shape index (κ2) is 12.4. The second-order valence-corrected chi connectivity index (χ2v) is 7.58. The fourth-order valence-corrected chi connectivity index (χ4v) is 3.46. The molecule has 2 rings (SSSR count). The Morgan fingerprint density at radius 1 is 1.43 bits per heavy atom. The Kier molecular flexibility index (Phi) is 10.6. The normalized spacial score (nSPS) is 17.8. The number of ether oxygens (including phenoxy) is 1. The number of aliphatic carboxylic acids is 1. The van der Waals surface area contributed by atoms with Gasteiger partial charge in [-0.25, -0.2) is 4.79 Å². The zero-order valence-electron chi connectivity index (χ0n) is 16.6. The van der Waals surface area contributed by atoms with Crippen LogP contribution in [0.25, 0.3) is 0 Å². The Morgan fingerprint density at radius 2 is 2.10 bits per heavy atom. The highest BCUT2D eigenvalue weighted by molar-refractivity contribution is 8.14. The van der Waals surface area contributed by atoms with Crippen LogP contribution in [0.15, 0.2) is 24.0 Å². The van der Waals surface area contributed by atoms with Crippen molar-refractivity contribution in [1.29, 1.82) is 0 Å². The fourth-order valence-electron chi connectivity index (χ4n) is 2.49. The molecule has 30 heavy (non-hydrogen) atoms. The van der Waals surface area contributed by atoms with E-state index < -0.39 is 12.1 Å². The van der Waals surface area contributed by atoms with Gasteiger partial charge in [-0.3, -0.25) is 14.3 Å². The molecule has 1 aromatic heterocycles. The van der Waals surface area contributed by atoms with E-state index >= 15 is 0 Å². The van der Waals surface area contributed by atoms with E-state index in [1.165, 1.54) is 17.3 Å². The van der Waals surface area contributed by atoms with Crippen molar-refractivity contribution < 1.29 is 37.4 Å². The molecule has 1 unspecified atom stereocenters. The third kappa shape index (κ3) is 9.92. The number of carboxylic acid groups (broad SMARTS) is 1. The number of carbonyl (C=O) groups is 3. The predicted molar refractivity (Wildman–Crippen MR) is 104 cm³/mol. The number of nitrogens with zero attached hydrogens (tertiary/aromatic N) is 2. The maximum absolute atomic E-state index is 11.5. The molecular formula is C18H24F3N3O5S. The van der Waals surface area contributed by atoms with Gasteiger partial charge < -0.3 is 15.2 Å². The van der Waals surface area contributed by atoms with Crippen LogP contribution in [0.1, 0.15) is 25.8 Å². The summed E-state index contributed by atoms with van der Waals surface area (Å²) in [6, 6.07) is 0. The number of aromatic nitrogens is 2. The summed E-state index contributed by atoms with van der Waals surface area (Å²) in [6.07, 6.45) is 1.79. The predicted octanol–water partition coefficient (Wildman–Crippen LogP) is 2.19. The van der Waals surface area contributed by atoms with Crippen molar-refractivity contribution in [1.82, 2.24) is 15.1 Å². The molecule has 168 valence electrons. The van der Waals surface area contributed by atoms with Gasteiger partial charge in [0, 0.05) is 30.5 Å². The third-order valence-corrected chi connectivity index (χ3v) is 4.91. The first kappa shape index (κ1) is 25.7. The van der Waals surface area contributed by atoms with Crippen LogP contribution in [0.2, 0.25) is 0 Å². The molecule has 0 radical (unpaired) electrons.